The molecule has 0 unspecified atom stereocenters. The van der Waals surface area contributed by atoms with Crippen LogP contribution >= 0.6 is 11.3 Å². The molecule has 136 valence electrons. The first-order chi connectivity index (χ1) is 12.5. The Morgan fingerprint density at radius 3 is 2.54 bits per heavy atom. The van der Waals surface area contributed by atoms with Crippen molar-refractivity contribution in [2.24, 2.45) is 0 Å². The second-order valence-corrected chi connectivity index (χ2v) is 7.34. The van der Waals surface area contributed by atoms with E-state index in [1.54, 1.807) is 6.92 Å². The quantitative estimate of drug-likeness (QED) is 0.875. The van der Waals surface area contributed by atoms with Crippen molar-refractivity contribution in [2.75, 3.05) is 31.1 Å². The van der Waals surface area contributed by atoms with Crippen LogP contribution in [0.25, 0.3) is 12.2 Å². The molecule has 0 atom stereocenters. The first kappa shape index (κ1) is 18.1. The minimum atomic E-state index is -0.816. The molecule has 2 aromatic rings. The fourth-order valence-corrected chi connectivity index (χ4v) is 3.76. The number of carbonyl (C=O) groups excluding carboxylic acids is 1. The Kier molecular flexibility index (Phi) is 5.68. The second-order valence-electron chi connectivity index (χ2n) is 6.14. The third kappa shape index (κ3) is 4.70. The molecule has 0 saturated carbocycles. The lowest BCUT2D eigenvalue weighted by atomic mass is 10.2. The van der Waals surface area contributed by atoms with E-state index in [9.17, 15) is 9.59 Å². The van der Waals surface area contributed by atoms with E-state index in [0.29, 0.717) is 0 Å². The van der Waals surface area contributed by atoms with E-state index in [-0.39, 0.29) is 12.3 Å². The van der Waals surface area contributed by atoms with Gasteiger partial charge in [-0.1, -0.05) is 0 Å². The van der Waals surface area contributed by atoms with E-state index >= 15 is 0 Å². The third-order valence-electron chi connectivity index (χ3n) is 4.29. The number of thiophene rings is 1. The summed E-state index contributed by atoms with van der Waals surface area (Å²) in [4.78, 5) is 32.5. The van der Waals surface area contributed by atoms with Gasteiger partial charge in [-0.25, -0.2) is 0 Å². The van der Waals surface area contributed by atoms with Crippen LogP contribution in [-0.2, 0) is 16.0 Å². The number of pyridine rings is 1. The number of amides is 1. The molecule has 1 amide bonds. The van der Waals surface area contributed by atoms with Gasteiger partial charge < -0.3 is 14.9 Å². The summed E-state index contributed by atoms with van der Waals surface area (Å²) in [6.07, 6.45) is 5.78. The van der Waals surface area contributed by atoms with E-state index in [2.05, 4.69) is 9.88 Å². The Hall–Kier alpha value is -2.67. The molecule has 0 aromatic carbocycles. The van der Waals surface area contributed by atoms with Crippen LogP contribution in [0.5, 0.6) is 0 Å². The number of carboxylic acid groups (broad SMARTS) is 1. The maximum Gasteiger partial charge on any atom is 0.308 e. The van der Waals surface area contributed by atoms with Crippen molar-refractivity contribution in [3.05, 3.63) is 45.9 Å². The summed E-state index contributed by atoms with van der Waals surface area (Å²) >= 11 is 1.47. The summed E-state index contributed by atoms with van der Waals surface area (Å²) in [6.45, 7) is 4.73. The van der Waals surface area contributed by atoms with Gasteiger partial charge in [-0.2, -0.15) is 0 Å². The molecule has 1 N–H and O–H groups in total. The van der Waals surface area contributed by atoms with E-state index in [4.69, 9.17) is 5.11 Å². The maximum absolute atomic E-state index is 11.4. The van der Waals surface area contributed by atoms with Gasteiger partial charge in [0.25, 0.3) is 0 Å². The summed E-state index contributed by atoms with van der Waals surface area (Å²) in [5.41, 5.74) is 1.91. The molecule has 3 rings (SSSR count). The molecule has 0 spiro atoms. The number of hydrogen-bond donors (Lipinski definition) is 1. The number of piperazine rings is 1. The average Bonchev–Trinajstić information content (AvgIpc) is 3.07. The van der Waals surface area contributed by atoms with Crippen molar-refractivity contribution in [3.63, 3.8) is 0 Å². The molecule has 0 aliphatic carbocycles. The van der Waals surface area contributed by atoms with E-state index in [1.165, 1.54) is 11.3 Å². The number of carboxylic acids is 1. The van der Waals surface area contributed by atoms with Crippen molar-refractivity contribution in [1.29, 1.82) is 0 Å². The molecule has 7 heteroatoms. The molecule has 1 saturated heterocycles. The molecule has 3 heterocycles. The van der Waals surface area contributed by atoms with Gasteiger partial charge in [0.05, 0.1) is 24.0 Å². The van der Waals surface area contributed by atoms with Crippen LogP contribution in [0, 0.1) is 0 Å². The molecule has 6 nitrogen and oxygen atoms in total. The van der Waals surface area contributed by atoms with E-state index < -0.39 is 5.97 Å². The Bertz CT molecular complexity index is 806. The van der Waals surface area contributed by atoms with Crippen LogP contribution in [-0.4, -0.2) is 53.0 Å². The summed E-state index contributed by atoms with van der Waals surface area (Å²) in [6, 6.07) is 7.77. The largest absolute Gasteiger partial charge is 0.481 e. The fourth-order valence-electron chi connectivity index (χ4n) is 2.86. The molecule has 1 aliphatic rings. The van der Waals surface area contributed by atoms with Gasteiger partial charge >= 0.3 is 5.97 Å². The van der Waals surface area contributed by atoms with Crippen LogP contribution < -0.4 is 4.90 Å². The monoisotopic (exact) mass is 371 g/mol. The van der Waals surface area contributed by atoms with Crippen LogP contribution in [0.4, 0.5) is 5.69 Å². The standard InChI is InChI=1S/C19H21N3O3S/c1-14(23)21-8-10-22(11-9-21)16-4-2-15(20-13-16)3-5-17-6-7-18(26-17)12-19(24)25/h2-7,13H,8-12H2,1H3,(H,24,25)/b5-3+. The number of aliphatic carboxylic acids is 1. The van der Waals surface area contributed by atoms with Gasteiger partial charge in [0.2, 0.25) is 5.91 Å². The minimum absolute atomic E-state index is 0.0579. The van der Waals surface area contributed by atoms with Crippen LogP contribution in [0.15, 0.2) is 30.5 Å². The fraction of sp³-hybridized carbons (Fsp3) is 0.316. The summed E-state index contributed by atoms with van der Waals surface area (Å²) in [5, 5.41) is 8.81. The van der Waals surface area contributed by atoms with Crippen LogP contribution in [0.2, 0.25) is 0 Å². The van der Waals surface area contributed by atoms with Gasteiger partial charge in [0.1, 0.15) is 0 Å². The summed E-state index contributed by atoms with van der Waals surface area (Å²) < 4.78 is 0. The number of nitrogens with zero attached hydrogens (tertiary/aromatic N) is 3. The highest BCUT2D eigenvalue weighted by Crippen LogP contribution is 2.20. The maximum atomic E-state index is 11.4. The molecular weight excluding hydrogens is 350 g/mol. The zero-order valence-corrected chi connectivity index (χ0v) is 15.4. The first-order valence-electron chi connectivity index (χ1n) is 8.46. The minimum Gasteiger partial charge on any atom is -0.481 e. The lowest BCUT2D eigenvalue weighted by Gasteiger charge is -2.35. The average molecular weight is 371 g/mol. The van der Waals surface area contributed by atoms with Gasteiger partial charge in [-0.05, 0) is 36.4 Å². The van der Waals surface area contributed by atoms with E-state index in [0.717, 1.165) is 47.3 Å². The van der Waals surface area contributed by atoms with Crippen molar-refractivity contribution in [1.82, 2.24) is 9.88 Å². The molecule has 1 fully saturated rings. The smallest absolute Gasteiger partial charge is 0.308 e. The highest BCUT2D eigenvalue weighted by molar-refractivity contribution is 7.13. The summed E-state index contributed by atoms with van der Waals surface area (Å²) in [7, 11) is 0. The first-order valence-corrected chi connectivity index (χ1v) is 9.28. The molecular formula is C19H21N3O3S. The Balaban J connectivity index is 1.58. The predicted octanol–water partition coefficient (Wildman–Crippen LogP) is 2.61. The lowest BCUT2D eigenvalue weighted by molar-refractivity contribution is -0.136. The SMILES string of the molecule is CC(=O)N1CCN(c2ccc(/C=C/c3ccc(CC(=O)O)s3)nc2)CC1. The Labute approximate surface area is 156 Å². The number of rotatable bonds is 5. The molecule has 26 heavy (non-hydrogen) atoms. The van der Waals surface area contributed by atoms with Crippen molar-refractivity contribution < 1.29 is 14.7 Å². The van der Waals surface area contributed by atoms with Crippen LogP contribution in [0.1, 0.15) is 22.4 Å². The molecule has 0 bridgehead atoms. The lowest BCUT2D eigenvalue weighted by Crippen LogP contribution is -2.48. The topological polar surface area (TPSA) is 73.7 Å². The normalized spacial score (nSPS) is 14.8. The number of hydrogen-bond acceptors (Lipinski definition) is 5. The molecule has 2 aromatic heterocycles. The summed E-state index contributed by atoms with van der Waals surface area (Å²) in [5.74, 6) is -0.688. The Morgan fingerprint density at radius 2 is 1.92 bits per heavy atom. The molecule has 1 aliphatic heterocycles. The zero-order valence-electron chi connectivity index (χ0n) is 14.6. The van der Waals surface area contributed by atoms with Gasteiger partial charge in [0.15, 0.2) is 0 Å². The molecule has 0 radical (unpaired) electrons. The highest BCUT2D eigenvalue weighted by Gasteiger charge is 2.18. The number of anilines is 1. The number of aromatic nitrogens is 1. The van der Waals surface area contributed by atoms with Crippen molar-refractivity contribution in [2.45, 2.75) is 13.3 Å². The third-order valence-corrected chi connectivity index (χ3v) is 5.34. The highest BCUT2D eigenvalue weighted by atomic mass is 32.1. The van der Waals surface area contributed by atoms with Crippen molar-refractivity contribution in [3.8, 4) is 0 Å². The van der Waals surface area contributed by atoms with E-state index in [1.807, 2.05) is 47.5 Å². The predicted molar refractivity (Wildman–Crippen MR) is 103 cm³/mol. The Morgan fingerprint density at radius 1 is 1.15 bits per heavy atom. The van der Waals surface area contributed by atoms with Gasteiger partial charge in [-0.3, -0.25) is 14.6 Å². The van der Waals surface area contributed by atoms with Crippen molar-refractivity contribution >= 4 is 41.1 Å². The zero-order chi connectivity index (χ0) is 18.5. The van der Waals surface area contributed by atoms with Gasteiger partial charge in [0, 0.05) is 42.9 Å². The van der Waals surface area contributed by atoms with Crippen LogP contribution in [0.3, 0.4) is 0 Å². The van der Waals surface area contributed by atoms with Gasteiger partial charge in [-0.15, -0.1) is 11.3 Å². The second kappa shape index (κ2) is 8.14. The number of carbonyl (C=O) groups is 2.